The molecule has 1 aromatic carbocycles. The van der Waals surface area contributed by atoms with Gasteiger partial charge < -0.3 is 0 Å². The molecule has 0 radical (unpaired) electrons. The standard InChI is InChI=1S/C11H12BrNO3/c1-2-8-3-4-10(13(15)16)9(7-8)11(14)5-6-12/h3-4,7H,2,5-6H2,1H3. The van der Waals surface area contributed by atoms with Gasteiger partial charge in [-0.2, -0.15) is 0 Å². The third-order valence-electron chi connectivity index (χ3n) is 2.29. The predicted octanol–water partition coefficient (Wildman–Crippen LogP) is 3.12. The summed E-state index contributed by atoms with van der Waals surface area (Å²) in [5.74, 6) is -0.195. The van der Waals surface area contributed by atoms with E-state index in [9.17, 15) is 14.9 Å². The van der Waals surface area contributed by atoms with Crippen molar-refractivity contribution >= 4 is 27.4 Å². The molecule has 0 aromatic heterocycles. The van der Waals surface area contributed by atoms with Crippen molar-refractivity contribution in [1.82, 2.24) is 0 Å². The van der Waals surface area contributed by atoms with E-state index in [1.165, 1.54) is 6.07 Å². The first kappa shape index (κ1) is 12.8. The molecule has 0 aliphatic heterocycles. The Morgan fingerprint density at radius 2 is 2.19 bits per heavy atom. The quantitative estimate of drug-likeness (QED) is 0.361. The summed E-state index contributed by atoms with van der Waals surface area (Å²) in [5.41, 5.74) is 1.04. The van der Waals surface area contributed by atoms with Gasteiger partial charge in [-0.3, -0.25) is 14.9 Å². The summed E-state index contributed by atoms with van der Waals surface area (Å²) in [6.45, 7) is 1.94. The summed E-state index contributed by atoms with van der Waals surface area (Å²) in [6.07, 6.45) is 1.03. The Hall–Kier alpha value is -1.23. The minimum absolute atomic E-state index is 0.108. The maximum Gasteiger partial charge on any atom is 0.280 e. The lowest BCUT2D eigenvalue weighted by molar-refractivity contribution is -0.385. The van der Waals surface area contributed by atoms with Gasteiger partial charge in [0.1, 0.15) is 0 Å². The molecular weight excluding hydrogens is 274 g/mol. The smallest absolute Gasteiger partial charge is 0.280 e. The Labute approximate surface area is 102 Å². The molecule has 0 aliphatic rings. The van der Waals surface area contributed by atoms with Gasteiger partial charge in [-0.25, -0.2) is 0 Å². The normalized spacial score (nSPS) is 10.1. The van der Waals surface area contributed by atoms with E-state index in [2.05, 4.69) is 15.9 Å². The highest BCUT2D eigenvalue weighted by Crippen LogP contribution is 2.22. The first-order chi connectivity index (χ1) is 7.60. The van der Waals surface area contributed by atoms with E-state index in [0.29, 0.717) is 5.33 Å². The van der Waals surface area contributed by atoms with E-state index in [1.807, 2.05) is 6.92 Å². The van der Waals surface area contributed by atoms with E-state index in [4.69, 9.17) is 0 Å². The molecule has 0 saturated heterocycles. The van der Waals surface area contributed by atoms with Crippen LogP contribution < -0.4 is 0 Å². The van der Waals surface area contributed by atoms with Crippen molar-refractivity contribution in [3.63, 3.8) is 0 Å². The first-order valence-corrected chi connectivity index (χ1v) is 6.08. The SMILES string of the molecule is CCc1ccc([N+](=O)[O-])c(C(=O)CCBr)c1. The van der Waals surface area contributed by atoms with Crippen LogP contribution in [-0.4, -0.2) is 16.0 Å². The van der Waals surface area contributed by atoms with Crippen molar-refractivity contribution in [1.29, 1.82) is 0 Å². The Bertz CT molecular complexity index is 418. The molecular formula is C11H12BrNO3. The number of ketones is 1. The van der Waals surface area contributed by atoms with Crippen molar-refractivity contribution < 1.29 is 9.72 Å². The van der Waals surface area contributed by atoms with Crippen LogP contribution in [-0.2, 0) is 6.42 Å². The van der Waals surface area contributed by atoms with Gasteiger partial charge in [-0.1, -0.05) is 28.9 Å². The lowest BCUT2D eigenvalue weighted by atomic mass is 10.0. The molecule has 0 atom stereocenters. The highest BCUT2D eigenvalue weighted by atomic mass is 79.9. The zero-order valence-corrected chi connectivity index (χ0v) is 10.5. The van der Waals surface area contributed by atoms with E-state index >= 15 is 0 Å². The van der Waals surface area contributed by atoms with Gasteiger partial charge in [0.15, 0.2) is 5.78 Å². The zero-order chi connectivity index (χ0) is 12.1. The predicted molar refractivity (Wildman–Crippen MR) is 65.2 cm³/mol. The van der Waals surface area contributed by atoms with Crippen LogP contribution in [0.5, 0.6) is 0 Å². The number of halogens is 1. The number of hydrogen-bond acceptors (Lipinski definition) is 3. The van der Waals surface area contributed by atoms with Crippen molar-refractivity contribution in [2.75, 3.05) is 5.33 Å². The molecule has 16 heavy (non-hydrogen) atoms. The zero-order valence-electron chi connectivity index (χ0n) is 8.90. The summed E-state index contributed by atoms with van der Waals surface area (Å²) >= 11 is 3.15. The fourth-order valence-electron chi connectivity index (χ4n) is 1.41. The van der Waals surface area contributed by atoms with Crippen molar-refractivity contribution in [3.05, 3.63) is 39.4 Å². The molecule has 0 N–H and O–H groups in total. The number of rotatable bonds is 5. The number of nitro benzene ring substituents is 1. The fraction of sp³-hybridized carbons (Fsp3) is 0.364. The number of aryl methyl sites for hydroxylation is 1. The van der Waals surface area contributed by atoms with Crippen LogP contribution in [0.2, 0.25) is 0 Å². The Kier molecular flexibility index (Phi) is 4.61. The van der Waals surface area contributed by atoms with Gasteiger partial charge in [-0.05, 0) is 18.1 Å². The lowest BCUT2D eigenvalue weighted by Crippen LogP contribution is -2.05. The van der Waals surface area contributed by atoms with Crippen LogP contribution in [0, 0.1) is 10.1 Å². The van der Waals surface area contributed by atoms with E-state index in [-0.39, 0.29) is 23.5 Å². The maximum atomic E-state index is 11.7. The van der Waals surface area contributed by atoms with Crippen molar-refractivity contribution in [2.45, 2.75) is 19.8 Å². The molecule has 5 heteroatoms. The second-order valence-electron chi connectivity index (χ2n) is 3.32. The van der Waals surface area contributed by atoms with Gasteiger partial charge in [0.2, 0.25) is 0 Å². The van der Waals surface area contributed by atoms with Gasteiger partial charge >= 0.3 is 0 Å². The maximum absolute atomic E-state index is 11.7. The third kappa shape index (κ3) is 2.88. The summed E-state index contributed by atoms with van der Waals surface area (Å²) in [7, 11) is 0. The van der Waals surface area contributed by atoms with Crippen molar-refractivity contribution in [3.8, 4) is 0 Å². The highest BCUT2D eigenvalue weighted by Gasteiger charge is 2.19. The molecule has 0 heterocycles. The largest absolute Gasteiger partial charge is 0.294 e. The summed E-state index contributed by atoms with van der Waals surface area (Å²) in [6, 6.07) is 4.70. The average Bonchev–Trinajstić information content (AvgIpc) is 2.28. The molecule has 0 unspecified atom stereocenters. The minimum atomic E-state index is -0.513. The van der Waals surface area contributed by atoms with Crippen LogP contribution >= 0.6 is 15.9 Å². The number of nitrogens with zero attached hydrogens (tertiary/aromatic N) is 1. The number of alkyl halides is 1. The van der Waals surface area contributed by atoms with Gasteiger partial charge in [0.05, 0.1) is 10.5 Å². The number of benzene rings is 1. The second kappa shape index (κ2) is 5.75. The number of carbonyl (C=O) groups excluding carboxylic acids is 1. The number of nitro groups is 1. The number of hydrogen-bond donors (Lipinski definition) is 0. The molecule has 4 nitrogen and oxygen atoms in total. The topological polar surface area (TPSA) is 60.2 Å². The molecule has 0 saturated carbocycles. The molecule has 0 bridgehead atoms. The molecule has 0 aliphatic carbocycles. The summed E-state index contributed by atoms with van der Waals surface area (Å²) in [5, 5.41) is 11.3. The van der Waals surface area contributed by atoms with Crippen LogP contribution in [0.25, 0.3) is 0 Å². The molecule has 1 aromatic rings. The first-order valence-electron chi connectivity index (χ1n) is 4.96. The Morgan fingerprint density at radius 1 is 1.50 bits per heavy atom. The van der Waals surface area contributed by atoms with Gasteiger partial charge in [-0.15, -0.1) is 0 Å². The molecule has 0 amide bonds. The Morgan fingerprint density at radius 3 is 2.69 bits per heavy atom. The van der Waals surface area contributed by atoms with Crippen LogP contribution in [0.3, 0.4) is 0 Å². The van der Waals surface area contributed by atoms with E-state index in [1.54, 1.807) is 12.1 Å². The lowest BCUT2D eigenvalue weighted by Gasteiger charge is -2.03. The van der Waals surface area contributed by atoms with Crippen LogP contribution in [0.4, 0.5) is 5.69 Å². The third-order valence-corrected chi connectivity index (χ3v) is 2.68. The van der Waals surface area contributed by atoms with Crippen LogP contribution in [0.15, 0.2) is 18.2 Å². The second-order valence-corrected chi connectivity index (χ2v) is 4.12. The molecule has 0 spiro atoms. The highest BCUT2D eigenvalue weighted by molar-refractivity contribution is 9.09. The van der Waals surface area contributed by atoms with Gasteiger partial charge in [0.25, 0.3) is 5.69 Å². The molecule has 0 fully saturated rings. The van der Waals surface area contributed by atoms with E-state index in [0.717, 1.165) is 12.0 Å². The van der Waals surface area contributed by atoms with E-state index < -0.39 is 4.92 Å². The molecule has 1 rings (SSSR count). The van der Waals surface area contributed by atoms with Crippen molar-refractivity contribution in [2.24, 2.45) is 0 Å². The number of carbonyl (C=O) groups is 1. The fourth-order valence-corrected chi connectivity index (χ4v) is 1.77. The summed E-state index contributed by atoms with van der Waals surface area (Å²) < 4.78 is 0. The number of Topliss-reactive ketones (excluding diaryl/α,β-unsaturated/α-hetero) is 1. The minimum Gasteiger partial charge on any atom is -0.294 e. The Balaban J connectivity index is 3.20. The average molecular weight is 286 g/mol. The molecule has 86 valence electrons. The van der Waals surface area contributed by atoms with Crippen LogP contribution in [0.1, 0.15) is 29.3 Å². The monoisotopic (exact) mass is 285 g/mol. The van der Waals surface area contributed by atoms with Gasteiger partial charge in [0, 0.05) is 17.8 Å². The summed E-state index contributed by atoms with van der Waals surface area (Å²) in [4.78, 5) is 22.0.